The minimum Gasteiger partial charge on any atom is -0.393 e. The molecular formula is C24H23BrFN7O2. The zero-order valence-corrected chi connectivity index (χ0v) is 20.2. The molecule has 6 rings (SSSR count). The summed E-state index contributed by atoms with van der Waals surface area (Å²) in [5.74, 6) is -0.0144. The van der Waals surface area contributed by atoms with Crippen molar-refractivity contribution in [1.82, 2.24) is 30.0 Å². The molecule has 4 aromatic rings. The number of nitrogens with one attached hydrogen (secondary N) is 2. The third-order valence-electron chi connectivity index (χ3n) is 6.86. The van der Waals surface area contributed by atoms with Crippen LogP contribution in [0.1, 0.15) is 32.1 Å². The van der Waals surface area contributed by atoms with E-state index < -0.39 is 5.82 Å². The average Bonchev–Trinajstić information content (AvgIpc) is 3.42. The van der Waals surface area contributed by atoms with Crippen molar-refractivity contribution in [3.8, 4) is 5.69 Å². The first-order valence-electron chi connectivity index (χ1n) is 11.7. The van der Waals surface area contributed by atoms with Crippen LogP contribution < -0.4 is 10.6 Å². The van der Waals surface area contributed by atoms with Crippen LogP contribution in [0.4, 0.5) is 10.3 Å². The van der Waals surface area contributed by atoms with Crippen molar-refractivity contribution in [2.24, 2.45) is 5.92 Å². The monoisotopic (exact) mass is 539 g/mol. The van der Waals surface area contributed by atoms with Crippen LogP contribution in [0.15, 0.2) is 41.3 Å². The van der Waals surface area contributed by atoms with E-state index in [4.69, 9.17) is 0 Å². The molecule has 0 bridgehead atoms. The van der Waals surface area contributed by atoms with E-state index in [0.29, 0.717) is 57.4 Å². The summed E-state index contributed by atoms with van der Waals surface area (Å²) >= 11 is 3.46. The summed E-state index contributed by atoms with van der Waals surface area (Å²) in [5.41, 5.74) is 1.37. The van der Waals surface area contributed by atoms with Crippen LogP contribution in [0.5, 0.6) is 0 Å². The van der Waals surface area contributed by atoms with E-state index in [1.54, 1.807) is 29.2 Å². The number of carbonyl (C=O) groups excluding carboxylic acids is 1. The second-order valence-electron chi connectivity index (χ2n) is 9.32. The van der Waals surface area contributed by atoms with Crippen LogP contribution in [0.3, 0.4) is 0 Å². The molecule has 9 nitrogen and oxygen atoms in total. The highest BCUT2D eigenvalue weighted by molar-refractivity contribution is 9.10. The molecule has 180 valence electrons. The van der Waals surface area contributed by atoms with E-state index in [2.05, 4.69) is 46.6 Å². The molecule has 0 radical (unpaired) electrons. The summed E-state index contributed by atoms with van der Waals surface area (Å²) in [5, 5.41) is 21.7. The number of fused-ring (bicyclic) bond motifs is 2. The molecule has 1 aromatic carbocycles. The molecule has 0 saturated heterocycles. The number of aliphatic hydroxyl groups is 1. The number of amides is 1. The summed E-state index contributed by atoms with van der Waals surface area (Å²) < 4.78 is 16.9. The minimum atomic E-state index is -0.433. The van der Waals surface area contributed by atoms with E-state index in [1.165, 1.54) is 6.07 Å². The maximum Gasteiger partial charge on any atom is 0.224 e. The Morgan fingerprint density at radius 1 is 1.17 bits per heavy atom. The number of hydrogen-bond donors (Lipinski definition) is 3. The highest BCUT2D eigenvalue weighted by atomic mass is 79.9. The maximum atomic E-state index is 14.7. The van der Waals surface area contributed by atoms with Crippen LogP contribution in [-0.4, -0.2) is 53.9 Å². The first-order valence-corrected chi connectivity index (χ1v) is 12.4. The van der Waals surface area contributed by atoms with E-state index in [0.717, 1.165) is 12.8 Å². The summed E-state index contributed by atoms with van der Waals surface area (Å²) in [4.78, 5) is 25.8. The molecule has 2 atom stereocenters. The number of benzene rings is 1. The number of rotatable bonds is 5. The number of pyridine rings is 1. The van der Waals surface area contributed by atoms with Gasteiger partial charge in [-0.3, -0.25) is 9.78 Å². The van der Waals surface area contributed by atoms with Crippen molar-refractivity contribution in [2.75, 3.05) is 5.32 Å². The lowest BCUT2D eigenvalue weighted by molar-refractivity contribution is -0.126. The zero-order chi connectivity index (χ0) is 24.1. The second-order valence-corrected chi connectivity index (χ2v) is 10.1. The highest BCUT2D eigenvalue weighted by Crippen LogP contribution is 2.31. The first-order chi connectivity index (χ1) is 16.9. The smallest absolute Gasteiger partial charge is 0.224 e. The van der Waals surface area contributed by atoms with Gasteiger partial charge in [-0.05, 0) is 60.2 Å². The van der Waals surface area contributed by atoms with E-state index >= 15 is 0 Å². The summed E-state index contributed by atoms with van der Waals surface area (Å²) in [6.45, 7) is 0. The van der Waals surface area contributed by atoms with Crippen LogP contribution in [0.25, 0.3) is 27.6 Å². The summed E-state index contributed by atoms with van der Waals surface area (Å²) in [6.07, 6.45) is 6.52. The second kappa shape index (κ2) is 8.80. The lowest BCUT2D eigenvalue weighted by Gasteiger charge is -2.32. The van der Waals surface area contributed by atoms with Gasteiger partial charge in [-0.25, -0.2) is 14.1 Å². The first kappa shape index (κ1) is 22.3. The van der Waals surface area contributed by atoms with Gasteiger partial charge in [0.05, 0.1) is 17.2 Å². The standard InChI is InChI=1S/C24H23BrFN7O2/c25-21-18-11-28-24(30-14-4-3-13(6-14)23(35)29-15-8-17(34)9-15)31-22(18)33(32-21)16-7-12-2-1-5-27-20(12)19(26)10-16/h1-2,5,7,10-11,13-15,17,34H,3-4,6,8-9H2,(H,29,35)(H,28,30,31)/t13-,14-,15?,17?/m1/s1. The Balaban J connectivity index is 1.22. The number of aliphatic hydroxyl groups excluding tert-OH is 1. The fourth-order valence-electron chi connectivity index (χ4n) is 4.93. The molecule has 2 saturated carbocycles. The van der Waals surface area contributed by atoms with Crippen LogP contribution >= 0.6 is 15.9 Å². The number of anilines is 1. The fraction of sp³-hybridized carbons (Fsp3) is 0.375. The fourth-order valence-corrected chi connectivity index (χ4v) is 5.37. The van der Waals surface area contributed by atoms with Gasteiger partial charge in [-0.2, -0.15) is 10.1 Å². The number of halogens is 2. The molecule has 3 heterocycles. The lowest BCUT2D eigenvalue weighted by Crippen LogP contribution is -2.48. The van der Waals surface area contributed by atoms with Crippen molar-refractivity contribution in [3.05, 3.63) is 47.1 Å². The van der Waals surface area contributed by atoms with Gasteiger partial charge in [0, 0.05) is 41.8 Å². The van der Waals surface area contributed by atoms with Gasteiger partial charge in [0.25, 0.3) is 0 Å². The minimum absolute atomic E-state index is 0.0531. The van der Waals surface area contributed by atoms with E-state index in [-0.39, 0.29) is 30.0 Å². The van der Waals surface area contributed by atoms with Gasteiger partial charge >= 0.3 is 0 Å². The average molecular weight is 540 g/mol. The van der Waals surface area contributed by atoms with Crippen LogP contribution in [0.2, 0.25) is 0 Å². The molecule has 2 fully saturated rings. The number of aromatic nitrogens is 5. The third-order valence-corrected chi connectivity index (χ3v) is 7.45. The Bertz CT molecular complexity index is 1440. The molecule has 3 N–H and O–H groups in total. The van der Waals surface area contributed by atoms with Crippen LogP contribution in [0, 0.1) is 11.7 Å². The van der Waals surface area contributed by atoms with Crippen LogP contribution in [-0.2, 0) is 4.79 Å². The zero-order valence-electron chi connectivity index (χ0n) is 18.7. The van der Waals surface area contributed by atoms with Gasteiger partial charge in [0.15, 0.2) is 11.5 Å². The summed E-state index contributed by atoms with van der Waals surface area (Å²) in [6, 6.07) is 6.93. The van der Waals surface area contributed by atoms with Gasteiger partial charge in [0.2, 0.25) is 11.9 Å². The highest BCUT2D eigenvalue weighted by Gasteiger charge is 2.34. The quantitative estimate of drug-likeness (QED) is 0.355. The van der Waals surface area contributed by atoms with Crippen molar-refractivity contribution in [2.45, 2.75) is 50.3 Å². The van der Waals surface area contributed by atoms with Gasteiger partial charge in [-0.1, -0.05) is 6.07 Å². The molecule has 11 heteroatoms. The molecule has 2 aliphatic rings. The molecule has 0 unspecified atom stereocenters. The number of nitrogens with zero attached hydrogens (tertiary/aromatic N) is 5. The largest absolute Gasteiger partial charge is 0.393 e. The molecule has 1 amide bonds. The van der Waals surface area contributed by atoms with Crippen molar-refractivity contribution < 1.29 is 14.3 Å². The topological polar surface area (TPSA) is 118 Å². The predicted molar refractivity (Wildman–Crippen MR) is 132 cm³/mol. The molecule has 0 spiro atoms. The number of carbonyl (C=O) groups is 1. The maximum absolute atomic E-state index is 14.7. The van der Waals surface area contributed by atoms with Gasteiger partial charge in [0.1, 0.15) is 10.1 Å². The number of hydrogen-bond acceptors (Lipinski definition) is 7. The van der Waals surface area contributed by atoms with Gasteiger partial charge < -0.3 is 15.7 Å². The molecule has 2 aliphatic carbocycles. The Kier molecular flexibility index (Phi) is 5.60. The Hall–Kier alpha value is -3.18. The molecule has 3 aromatic heterocycles. The predicted octanol–water partition coefficient (Wildman–Crippen LogP) is 3.49. The van der Waals surface area contributed by atoms with E-state index in [1.807, 2.05) is 6.07 Å². The SMILES string of the molecule is O=C(NC1CC(O)C1)[C@@H]1CC[C@@H](Nc2ncc3c(Br)nn(-c4cc(F)c5ncccc5c4)c3n2)C1. The third kappa shape index (κ3) is 4.23. The summed E-state index contributed by atoms with van der Waals surface area (Å²) in [7, 11) is 0. The lowest BCUT2D eigenvalue weighted by atomic mass is 9.89. The van der Waals surface area contributed by atoms with Crippen molar-refractivity contribution in [1.29, 1.82) is 0 Å². The van der Waals surface area contributed by atoms with Crippen molar-refractivity contribution >= 4 is 49.7 Å². The van der Waals surface area contributed by atoms with Crippen molar-refractivity contribution in [3.63, 3.8) is 0 Å². The molecular weight excluding hydrogens is 517 g/mol. The van der Waals surface area contributed by atoms with E-state index in [9.17, 15) is 14.3 Å². The van der Waals surface area contributed by atoms with Gasteiger partial charge in [-0.15, -0.1) is 0 Å². The molecule has 35 heavy (non-hydrogen) atoms. The Morgan fingerprint density at radius 2 is 2.03 bits per heavy atom. The molecule has 0 aliphatic heterocycles. The Morgan fingerprint density at radius 3 is 2.86 bits per heavy atom. The Labute approximate surface area is 208 Å². The normalized spacial score (nSPS) is 24.0.